The fraction of sp³-hybridized carbons (Fsp3) is 0.464. The third-order valence-electron chi connectivity index (χ3n) is 5.56. The molecule has 35 heavy (non-hydrogen) atoms. The highest BCUT2D eigenvalue weighted by Crippen LogP contribution is 2.32. The fourth-order valence-corrected chi connectivity index (χ4v) is 3.89. The maximum atomic E-state index is 10.6. The molecule has 1 aromatic heterocycles. The molecule has 0 aliphatic carbocycles. The van der Waals surface area contributed by atoms with Crippen LogP contribution in [0.3, 0.4) is 0 Å². The van der Waals surface area contributed by atoms with E-state index in [4.69, 9.17) is 19.3 Å². The van der Waals surface area contributed by atoms with Crippen LogP contribution in [-0.2, 0) is 11.3 Å². The number of aliphatic hydroxyl groups is 1. The number of hydrogen-bond acceptors (Lipinski definition) is 6. The molecule has 0 aliphatic heterocycles. The molecule has 0 saturated carbocycles. The van der Waals surface area contributed by atoms with Gasteiger partial charge in [-0.3, -0.25) is 4.90 Å². The van der Waals surface area contributed by atoms with Gasteiger partial charge in [-0.1, -0.05) is 39.0 Å². The summed E-state index contributed by atoms with van der Waals surface area (Å²) in [5, 5.41) is 15.4. The fourth-order valence-electron chi connectivity index (χ4n) is 3.89. The monoisotopic (exact) mass is 481 g/mol. The number of aliphatic hydroxyl groups excluding tert-OH is 1. The van der Waals surface area contributed by atoms with Crippen molar-refractivity contribution in [3.63, 3.8) is 0 Å². The van der Waals surface area contributed by atoms with Crippen LogP contribution in [-0.4, -0.2) is 59.3 Å². The predicted octanol–water partition coefficient (Wildman–Crippen LogP) is 5.23. The number of ether oxygens (including phenoxy) is 3. The van der Waals surface area contributed by atoms with Gasteiger partial charge in [-0.05, 0) is 62.2 Å². The largest absolute Gasteiger partial charge is 0.497 e. The molecule has 1 N–H and O–H groups in total. The molecule has 7 heteroatoms. The lowest BCUT2D eigenvalue weighted by Crippen LogP contribution is -2.35. The summed E-state index contributed by atoms with van der Waals surface area (Å²) in [7, 11) is 1.65. The zero-order chi connectivity index (χ0) is 25.2. The maximum Gasteiger partial charge on any atom is 0.227 e. The number of para-hydroxylation sites is 1. The molecular formula is C28H39N3O4. The number of hydrogen-bond donors (Lipinski definition) is 1. The molecule has 7 nitrogen and oxygen atoms in total. The van der Waals surface area contributed by atoms with Crippen LogP contribution in [0.1, 0.15) is 38.4 Å². The van der Waals surface area contributed by atoms with Crippen molar-refractivity contribution in [2.24, 2.45) is 5.92 Å². The summed E-state index contributed by atoms with van der Waals surface area (Å²) in [6.07, 6.45) is 0.413. The SMILES string of the molecule is CCCN(Cc1c(C)nn(-c2ccccc2)c1Oc1ccc(OC)cc1)CC(O)COCC(C)C. The van der Waals surface area contributed by atoms with Crippen LogP contribution in [0.25, 0.3) is 5.69 Å². The summed E-state index contributed by atoms with van der Waals surface area (Å²) < 4.78 is 19.2. The molecule has 0 aliphatic rings. The number of aryl methyl sites for hydroxylation is 1. The van der Waals surface area contributed by atoms with Gasteiger partial charge >= 0.3 is 0 Å². The number of methoxy groups -OCH3 is 1. The number of rotatable bonds is 14. The maximum absolute atomic E-state index is 10.6. The first-order valence-corrected chi connectivity index (χ1v) is 12.3. The van der Waals surface area contributed by atoms with Crippen molar-refractivity contribution in [1.29, 1.82) is 0 Å². The molecule has 190 valence electrons. The van der Waals surface area contributed by atoms with Gasteiger partial charge in [0.2, 0.25) is 5.88 Å². The van der Waals surface area contributed by atoms with E-state index in [-0.39, 0.29) is 0 Å². The summed E-state index contributed by atoms with van der Waals surface area (Å²) in [5.74, 6) is 2.59. The highest BCUT2D eigenvalue weighted by atomic mass is 16.5. The Bertz CT molecular complexity index is 1020. The summed E-state index contributed by atoms with van der Waals surface area (Å²) in [6, 6.07) is 17.5. The zero-order valence-electron chi connectivity index (χ0n) is 21.6. The molecular weight excluding hydrogens is 442 g/mol. The standard InChI is InChI=1S/C28H39N3O4/c1-6-16-30(17-24(32)20-34-19-21(2)3)18-27-22(4)29-31(23-10-8-7-9-11-23)28(27)35-26-14-12-25(33-5)13-15-26/h7-15,21,24,32H,6,16-20H2,1-5H3. The molecule has 0 saturated heterocycles. The van der Waals surface area contributed by atoms with Crippen LogP contribution in [0.15, 0.2) is 54.6 Å². The molecule has 0 fully saturated rings. The van der Waals surface area contributed by atoms with Crippen molar-refractivity contribution in [2.45, 2.75) is 46.8 Å². The van der Waals surface area contributed by atoms with Gasteiger partial charge in [-0.2, -0.15) is 5.10 Å². The smallest absolute Gasteiger partial charge is 0.227 e. The average Bonchev–Trinajstić information content (AvgIpc) is 3.15. The highest BCUT2D eigenvalue weighted by molar-refractivity contribution is 5.44. The Balaban J connectivity index is 1.87. The molecule has 0 bridgehead atoms. The van der Waals surface area contributed by atoms with E-state index >= 15 is 0 Å². The van der Waals surface area contributed by atoms with Gasteiger partial charge in [0.15, 0.2) is 0 Å². The number of aromatic nitrogens is 2. The summed E-state index contributed by atoms with van der Waals surface area (Å²) in [4.78, 5) is 2.24. The molecule has 0 amide bonds. The molecule has 0 radical (unpaired) electrons. The predicted molar refractivity (Wildman–Crippen MR) is 139 cm³/mol. The first-order chi connectivity index (χ1) is 16.9. The molecule has 1 heterocycles. The molecule has 3 aromatic rings. The Kier molecular flexibility index (Phi) is 10.1. The Morgan fingerprint density at radius 3 is 2.31 bits per heavy atom. The summed E-state index contributed by atoms with van der Waals surface area (Å²) in [6.45, 7) is 11.3. The molecule has 3 rings (SSSR count). The van der Waals surface area contributed by atoms with Crippen LogP contribution < -0.4 is 9.47 Å². The van der Waals surface area contributed by atoms with Gasteiger partial charge in [-0.25, -0.2) is 4.68 Å². The van der Waals surface area contributed by atoms with Gasteiger partial charge in [0.1, 0.15) is 11.5 Å². The Hall–Kier alpha value is -2.87. The molecule has 2 aromatic carbocycles. The highest BCUT2D eigenvalue weighted by Gasteiger charge is 2.22. The van der Waals surface area contributed by atoms with Gasteiger partial charge in [-0.15, -0.1) is 0 Å². The quantitative estimate of drug-likeness (QED) is 0.340. The lowest BCUT2D eigenvalue weighted by Gasteiger charge is -2.25. The zero-order valence-corrected chi connectivity index (χ0v) is 21.6. The van der Waals surface area contributed by atoms with E-state index in [1.54, 1.807) is 7.11 Å². The summed E-state index contributed by atoms with van der Waals surface area (Å²) >= 11 is 0. The number of benzene rings is 2. The van der Waals surface area contributed by atoms with Crippen molar-refractivity contribution in [3.05, 3.63) is 65.9 Å². The van der Waals surface area contributed by atoms with Crippen molar-refractivity contribution in [2.75, 3.05) is 33.4 Å². The first kappa shape index (κ1) is 26.7. The van der Waals surface area contributed by atoms with Gasteiger partial charge in [0.05, 0.1) is 36.8 Å². The van der Waals surface area contributed by atoms with E-state index < -0.39 is 6.10 Å². The van der Waals surface area contributed by atoms with E-state index in [9.17, 15) is 5.11 Å². The van der Waals surface area contributed by atoms with Crippen molar-refractivity contribution in [1.82, 2.24) is 14.7 Å². The number of nitrogens with zero attached hydrogens (tertiary/aromatic N) is 3. The average molecular weight is 482 g/mol. The van der Waals surface area contributed by atoms with E-state index in [0.717, 1.165) is 35.7 Å². The van der Waals surface area contributed by atoms with Crippen LogP contribution in [0.2, 0.25) is 0 Å². The summed E-state index contributed by atoms with van der Waals surface area (Å²) in [5.41, 5.74) is 2.81. The van der Waals surface area contributed by atoms with E-state index in [2.05, 4.69) is 25.7 Å². The van der Waals surface area contributed by atoms with Crippen molar-refractivity contribution >= 4 is 0 Å². The minimum atomic E-state index is -0.560. The first-order valence-electron chi connectivity index (χ1n) is 12.3. The molecule has 0 spiro atoms. The van der Waals surface area contributed by atoms with Crippen LogP contribution in [0, 0.1) is 12.8 Å². The van der Waals surface area contributed by atoms with Crippen LogP contribution >= 0.6 is 0 Å². The second-order valence-electron chi connectivity index (χ2n) is 9.21. The Morgan fingerprint density at radius 1 is 1.00 bits per heavy atom. The van der Waals surface area contributed by atoms with Gasteiger partial charge < -0.3 is 19.3 Å². The Morgan fingerprint density at radius 2 is 1.69 bits per heavy atom. The molecule has 1 atom stereocenters. The third-order valence-corrected chi connectivity index (χ3v) is 5.56. The van der Waals surface area contributed by atoms with E-state index in [1.165, 1.54) is 0 Å². The van der Waals surface area contributed by atoms with Crippen LogP contribution in [0.5, 0.6) is 17.4 Å². The van der Waals surface area contributed by atoms with E-state index in [1.807, 2.05) is 66.2 Å². The van der Waals surface area contributed by atoms with Gasteiger partial charge in [0, 0.05) is 19.7 Å². The second-order valence-corrected chi connectivity index (χ2v) is 9.21. The normalized spacial score (nSPS) is 12.3. The lowest BCUT2D eigenvalue weighted by atomic mass is 10.2. The third kappa shape index (κ3) is 7.82. The Labute approximate surface area is 209 Å². The lowest BCUT2D eigenvalue weighted by molar-refractivity contribution is 0.00681. The van der Waals surface area contributed by atoms with E-state index in [0.29, 0.717) is 43.9 Å². The second kappa shape index (κ2) is 13.3. The van der Waals surface area contributed by atoms with Crippen LogP contribution in [0.4, 0.5) is 0 Å². The minimum absolute atomic E-state index is 0.329. The van der Waals surface area contributed by atoms with Gasteiger partial charge in [0.25, 0.3) is 0 Å². The van der Waals surface area contributed by atoms with Crippen molar-refractivity contribution in [3.8, 4) is 23.1 Å². The topological polar surface area (TPSA) is 69.0 Å². The minimum Gasteiger partial charge on any atom is -0.497 e. The van der Waals surface area contributed by atoms with Crippen molar-refractivity contribution < 1.29 is 19.3 Å². The molecule has 1 unspecified atom stereocenters.